The van der Waals surface area contributed by atoms with Crippen LogP contribution in [0.5, 0.6) is 11.5 Å². The van der Waals surface area contributed by atoms with Crippen molar-refractivity contribution in [2.24, 2.45) is 0 Å². The largest absolute Gasteiger partial charge is 0.496 e. The molecule has 1 aliphatic heterocycles. The molecule has 1 N–H and O–H groups in total. The van der Waals surface area contributed by atoms with Crippen molar-refractivity contribution in [2.75, 3.05) is 32.6 Å². The monoisotopic (exact) mass is 531 g/mol. The van der Waals surface area contributed by atoms with E-state index in [1.165, 1.54) is 0 Å². The number of anilines is 1. The number of methoxy groups -OCH3 is 2. The Labute approximate surface area is 207 Å². The van der Waals surface area contributed by atoms with Gasteiger partial charge in [-0.15, -0.1) is 0 Å². The number of carbonyl (C=O) groups is 1. The second kappa shape index (κ2) is 9.69. The van der Waals surface area contributed by atoms with Crippen molar-refractivity contribution in [3.8, 4) is 11.5 Å². The minimum Gasteiger partial charge on any atom is -0.496 e. The van der Waals surface area contributed by atoms with E-state index >= 15 is 0 Å². The van der Waals surface area contributed by atoms with Gasteiger partial charge >= 0.3 is 6.09 Å². The number of nitrogens with zero attached hydrogens (tertiary/aromatic N) is 4. The molecule has 4 rings (SSSR count). The Hall–Kier alpha value is -3.01. The third-order valence-electron chi connectivity index (χ3n) is 5.70. The number of aromatic nitrogens is 3. The summed E-state index contributed by atoms with van der Waals surface area (Å²) in [7, 11) is 3.28. The minimum atomic E-state index is -0.521. The molecule has 2 aromatic heterocycles. The van der Waals surface area contributed by atoms with Gasteiger partial charge in [-0.25, -0.2) is 9.78 Å². The van der Waals surface area contributed by atoms with Crippen LogP contribution >= 0.6 is 15.9 Å². The summed E-state index contributed by atoms with van der Waals surface area (Å²) < 4.78 is 19.2. The van der Waals surface area contributed by atoms with Crippen molar-refractivity contribution < 1.29 is 19.0 Å². The van der Waals surface area contributed by atoms with E-state index in [0.29, 0.717) is 30.1 Å². The van der Waals surface area contributed by atoms with Crippen LogP contribution < -0.4 is 14.8 Å². The summed E-state index contributed by atoms with van der Waals surface area (Å²) in [4.78, 5) is 18.8. The first-order chi connectivity index (χ1) is 16.2. The van der Waals surface area contributed by atoms with E-state index in [-0.39, 0.29) is 12.1 Å². The second-order valence-electron chi connectivity index (χ2n) is 9.15. The molecule has 0 radical (unpaired) electrons. The van der Waals surface area contributed by atoms with Gasteiger partial charge < -0.3 is 24.4 Å². The molecule has 182 valence electrons. The number of ether oxygens (including phenoxy) is 3. The molecule has 1 aromatic carbocycles. The lowest BCUT2D eigenvalue weighted by atomic mass is 10.1. The molecule has 1 aliphatic rings. The van der Waals surface area contributed by atoms with Crippen LogP contribution in [0.25, 0.3) is 10.9 Å². The smallest absolute Gasteiger partial charge is 0.410 e. The maximum absolute atomic E-state index is 12.5. The maximum Gasteiger partial charge on any atom is 0.410 e. The van der Waals surface area contributed by atoms with Gasteiger partial charge in [-0.3, -0.25) is 4.68 Å². The summed E-state index contributed by atoms with van der Waals surface area (Å²) in [5.74, 6) is 2.18. The Morgan fingerprint density at radius 3 is 2.56 bits per heavy atom. The lowest BCUT2D eigenvalue weighted by Crippen LogP contribution is -2.35. The number of fused-ring (bicyclic) bond motifs is 1. The van der Waals surface area contributed by atoms with Crippen molar-refractivity contribution >= 4 is 38.7 Å². The lowest BCUT2D eigenvalue weighted by molar-refractivity contribution is 0.0288. The topological polar surface area (TPSA) is 90.7 Å². The molecular weight excluding hydrogens is 502 g/mol. The highest BCUT2D eigenvalue weighted by Crippen LogP contribution is 2.35. The van der Waals surface area contributed by atoms with Gasteiger partial charge in [-0.2, -0.15) is 5.10 Å². The molecular formula is C24H30BrN5O4. The van der Waals surface area contributed by atoms with E-state index in [1.807, 2.05) is 49.7 Å². The standard InChI is InChI=1S/C24H30BrN5O4/c1-24(2,3)34-23(31)29-12-10-15(14-29)30-17-9-11-26-22(20(17)21(25)28-30)27-13-16-18(32-4)7-6-8-19(16)33-5/h6-9,11,15H,10,12-14H2,1-5H3,(H,26,27)/t15-/m0/s1. The fourth-order valence-corrected chi connectivity index (χ4v) is 4.73. The molecule has 1 saturated heterocycles. The van der Waals surface area contributed by atoms with Crippen LogP contribution in [0.15, 0.2) is 35.1 Å². The molecule has 34 heavy (non-hydrogen) atoms. The molecule has 0 unspecified atom stereocenters. The molecule has 1 amide bonds. The summed E-state index contributed by atoms with van der Waals surface area (Å²) in [5.41, 5.74) is 1.32. The summed E-state index contributed by atoms with van der Waals surface area (Å²) in [6.45, 7) is 7.26. The lowest BCUT2D eigenvalue weighted by Gasteiger charge is -2.24. The molecule has 10 heteroatoms. The predicted molar refractivity (Wildman–Crippen MR) is 134 cm³/mol. The van der Waals surface area contributed by atoms with Crippen molar-refractivity contribution in [3.05, 3.63) is 40.6 Å². The highest BCUT2D eigenvalue weighted by molar-refractivity contribution is 9.10. The first kappa shape index (κ1) is 24.1. The van der Waals surface area contributed by atoms with Gasteiger partial charge in [0.1, 0.15) is 27.5 Å². The number of hydrogen-bond donors (Lipinski definition) is 1. The molecule has 1 fully saturated rings. The van der Waals surface area contributed by atoms with Gasteiger partial charge in [-0.1, -0.05) is 6.07 Å². The van der Waals surface area contributed by atoms with Crippen LogP contribution in [0.2, 0.25) is 0 Å². The summed E-state index contributed by atoms with van der Waals surface area (Å²) >= 11 is 3.62. The van der Waals surface area contributed by atoms with Gasteiger partial charge in [0.15, 0.2) is 0 Å². The van der Waals surface area contributed by atoms with Crippen molar-refractivity contribution in [1.29, 1.82) is 0 Å². The number of amides is 1. The number of pyridine rings is 1. The van der Waals surface area contributed by atoms with Crippen molar-refractivity contribution in [2.45, 2.75) is 45.4 Å². The summed E-state index contributed by atoms with van der Waals surface area (Å²) in [6.07, 6.45) is 2.27. The second-order valence-corrected chi connectivity index (χ2v) is 9.90. The molecule has 3 heterocycles. The van der Waals surface area contributed by atoms with E-state index in [4.69, 9.17) is 19.3 Å². The van der Waals surface area contributed by atoms with E-state index in [9.17, 15) is 4.79 Å². The Bertz CT molecular complexity index is 1170. The van der Waals surface area contributed by atoms with Crippen LogP contribution in [0.4, 0.5) is 10.6 Å². The van der Waals surface area contributed by atoms with Gasteiger partial charge in [0.05, 0.1) is 36.7 Å². The maximum atomic E-state index is 12.5. The van der Waals surface area contributed by atoms with Crippen molar-refractivity contribution in [1.82, 2.24) is 19.7 Å². The Morgan fingerprint density at radius 1 is 1.21 bits per heavy atom. The minimum absolute atomic E-state index is 0.0471. The number of halogens is 1. The number of benzene rings is 1. The van der Waals surface area contributed by atoms with E-state index in [1.54, 1.807) is 25.3 Å². The van der Waals surface area contributed by atoms with E-state index in [2.05, 4.69) is 26.2 Å². The van der Waals surface area contributed by atoms with Gasteiger partial charge in [0.25, 0.3) is 0 Å². The van der Waals surface area contributed by atoms with E-state index in [0.717, 1.165) is 34.4 Å². The fraction of sp³-hybridized carbons (Fsp3) is 0.458. The molecule has 9 nitrogen and oxygen atoms in total. The zero-order chi connectivity index (χ0) is 24.5. The molecule has 3 aromatic rings. The Morgan fingerprint density at radius 2 is 1.91 bits per heavy atom. The Balaban J connectivity index is 1.57. The summed E-state index contributed by atoms with van der Waals surface area (Å²) in [5, 5.41) is 9.04. The highest BCUT2D eigenvalue weighted by atomic mass is 79.9. The molecule has 0 aliphatic carbocycles. The van der Waals surface area contributed by atoms with Gasteiger partial charge in [0, 0.05) is 25.8 Å². The number of rotatable bonds is 6. The Kier molecular flexibility index (Phi) is 6.88. The molecule has 0 bridgehead atoms. The van der Waals surface area contributed by atoms with Crippen LogP contribution in [-0.2, 0) is 11.3 Å². The first-order valence-electron chi connectivity index (χ1n) is 11.2. The van der Waals surface area contributed by atoms with Crippen LogP contribution in [-0.4, -0.2) is 58.7 Å². The number of carbonyl (C=O) groups excluding carboxylic acids is 1. The van der Waals surface area contributed by atoms with Gasteiger partial charge in [0.2, 0.25) is 0 Å². The van der Waals surface area contributed by atoms with Gasteiger partial charge in [-0.05, 0) is 61.3 Å². The van der Waals surface area contributed by atoms with E-state index < -0.39 is 5.60 Å². The van der Waals surface area contributed by atoms with Crippen molar-refractivity contribution in [3.63, 3.8) is 0 Å². The number of nitrogens with one attached hydrogen (secondary N) is 1. The first-order valence-corrected chi connectivity index (χ1v) is 12.0. The van der Waals surface area contributed by atoms with Crippen LogP contribution in [0.3, 0.4) is 0 Å². The third kappa shape index (κ3) is 4.91. The van der Waals surface area contributed by atoms with Crippen LogP contribution in [0.1, 0.15) is 38.8 Å². The average Bonchev–Trinajstić information content (AvgIpc) is 3.41. The normalized spacial score (nSPS) is 16.1. The quantitative estimate of drug-likeness (QED) is 0.478. The number of hydrogen-bond acceptors (Lipinski definition) is 7. The molecule has 0 saturated carbocycles. The fourth-order valence-electron chi connectivity index (χ4n) is 4.16. The average molecular weight is 532 g/mol. The summed E-state index contributed by atoms with van der Waals surface area (Å²) in [6, 6.07) is 7.68. The van der Waals surface area contributed by atoms with Crippen LogP contribution in [0, 0.1) is 0 Å². The number of likely N-dealkylation sites (tertiary alicyclic amines) is 1. The SMILES string of the molecule is COc1cccc(OC)c1CNc1nccc2c1c(Br)nn2[C@H]1CCN(C(=O)OC(C)(C)C)C1. The highest BCUT2D eigenvalue weighted by Gasteiger charge is 2.32. The zero-order valence-electron chi connectivity index (χ0n) is 20.1. The third-order valence-corrected chi connectivity index (χ3v) is 6.26. The molecule has 0 spiro atoms. The predicted octanol–water partition coefficient (Wildman–Crippen LogP) is 5.01. The molecule has 1 atom stereocenters. The zero-order valence-corrected chi connectivity index (χ0v) is 21.7.